The summed E-state index contributed by atoms with van der Waals surface area (Å²) in [6, 6.07) is 7.10. The molecule has 2 heterocycles. The Balaban J connectivity index is 1.75. The molecule has 0 bridgehead atoms. The number of anilines is 2. The Bertz CT molecular complexity index is 1040. The normalized spacial score (nSPS) is 11.3. The Labute approximate surface area is 154 Å². The van der Waals surface area contributed by atoms with Crippen LogP contribution >= 0.6 is 11.6 Å². The first-order chi connectivity index (χ1) is 12.3. The number of nitrogens with one attached hydrogen (secondary N) is 2. The number of hydrogen-bond donors (Lipinski definition) is 2. The van der Waals surface area contributed by atoms with Gasteiger partial charge in [-0.3, -0.25) is 14.2 Å². The fourth-order valence-corrected chi connectivity index (χ4v) is 3.42. The van der Waals surface area contributed by atoms with Crippen LogP contribution < -0.4 is 10.0 Å². The summed E-state index contributed by atoms with van der Waals surface area (Å²) in [7, 11) is -2.23. The maximum Gasteiger partial charge on any atom is 0.275 e. The molecule has 0 aliphatic heterocycles. The summed E-state index contributed by atoms with van der Waals surface area (Å²) in [6.07, 6.45) is 1.36. The van der Waals surface area contributed by atoms with Crippen molar-refractivity contribution in [2.45, 2.75) is 11.8 Å². The van der Waals surface area contributed by atoms with E-state index in [1.54, 1.807) is 14.0 Å². The molecule has 1 aromatic carbocycles. The molecule has 9 nitrogen and oxygen atoms in total. The molecule has 0 atom stereocenters. The van der Waals surface area contributed by atoms with Crippen molar-refractivity contribution in [2.24, 2.45) is 7.05 Å². The van der Waals surface area contributed by atoms with E-state index in [4.69, 9.17) is 16.1 Å². The zero-order chi connectivity index (χ0) is 18.9. The Kier molecular flexibility index (Phi) is 4.70. The molecule has 11 heteroatoms. The maximum absolute atomic E-state index is 12.3. The monoisotopic (exact) mass is 395 g/mol. The zero-order valence-corrected chi connectivity index (χ0v) is 15.3. The number of benzene rings is 1. The van der Waals surface area contributed by atoms with Gasteiger partial charge in [-0.25, -0.2) is 8.42 Å². The van der Waals surface area contributed by atoms with Crippen molar-refractivity contribution < 1.29 is 17.7 Å². The average Bonchev–Trinajstić information content (AvgIpc) is 3.12. The van der Waals surface area contributed by atoms with Gasteiger partial charge in [0, 0.05) is 18.8 Å². The third-order valence-corrected chi connectivity index (χ3v) is 5.05. The summed E-state index contributed by atoms with van der Waals surface area (Å²) in [5.74, 6) is 0.113. The molecule has 3 rings (SSSR count). The number of rotatable bonds is 5. The molecule has 0 aliphatic carbocycles. The van der Waals surface area contributed by atoms with Crippen LogP contribution in [0.4, 0.5) is 11.5 Å². The van der Waals surface area contributed by atoms with E-state index in [-0.39, 0.29) is 21.4 Å². The topological polar surface area (TPSA) is 119 Å². The summed E-state index contributed by atoms with van der Waals surface area (Å²) in [4.78, 5) is 12.2. The summed E-state index contributed by atoms with van der Waals surface area (Å²) in [6.45, 7) is 1.65. The van der Waals surface area contributed by atoms with E-state index in [0.29, 0.717) is 11.4 Å². The molecule has 0 radical (unpaired) electrons. The second-order valence-corrected chi connectivity index (χ2v) is 7.46. The standard InChI is InChI=1S/C15H14ClN5O4S/c1-9-7-13(19-25-9)20-26(23,24)11-5-3-10(4-6-11)18-15(22)14-12(16)8-17-21(14)2/h3-8H,1-2H3,(H,18,22)(H,19,20). The van der Waals surface area contributed by atoms with E-state index < -0.39 is 15.9 Å². The average molecular weight is 396 g/mol. The number of sulfonamides is 1. The largest absolute Gasteiger partial charge is 0.360 e. The van der Waals surface area contributed by atoms with E-state index in [2.05, 4.69) is 20.3 Å². The second kappa shape index (κ2) is 6.81. The number of halogens is 1. The van der Waals surface area contributed by atoms with Gasteiger partial charge in [0.25, 0.3) is 15.9 Å². The molecule has 2 N–H and O–H groups in total. The van der Waals surface area contributed by atoms with Crippen LogP contribution in [0.25, 0.3) is 0 Å². The van der Waals surface area contributed by atoms with Gasteiger partial charge in [-0.05, 0) is 31.2 Å². The summed E-state index contributed by atoms with van der Waals surface area (Å²) >= 11 is 5.92. The molecule has 2 aromatic heterocycles. The first-order valence-corrected chi connectivity index (χ1v) is 9.17. The molecule has 26 heavy (non-hydrogen) atoms. The number of nitrogens with zero attached hydrogens (tertiary/aromatic N) is 3. The lowest BCUT2D eigenvalue weighted by Crippen LogP contribution is -2.17. The third kappa shape index (κ3) is 3.70. The second-order valence-electron chi connectivity index (χ2n) is 5.37. The fraction of sp³-hybridized carbons (Fsp3) is 0.133. The lowest BCUT2D eigenvalue weighted by Gasteiger charge is -2.08. The van der Waals surface area contributed by atoms with Gasteiger partial charge < -0.3 is 9.84 Å². The first kappa shape index (κ1) is 18.0. The molecule has 1 amide bonds. The highest BCUT2D eigenvalue weighted by atomic mass is 35.5. The Morgan fingerprint density at radius 2 is 1.96 bits per heavy atom. The van der Waals surface area contributed by atoms with Crippen molar-refractivity contribution in [3.05, 3.63) is 53.0 Å². The van der Waals surface area contributed by atoms with Crippen molar-refractivity contribution >= 4 is 39.0 Å². The summed E-state index contributed by atoms with van der Waals surface area (Å²) < 4.78 is 33.1. The van der Waals surface area contributed by atoms with E-state index >= 15 is 0 Å². The van der Waals surface area contributed by atoms with E-state index in [1.807, 2.05) is 0 Å². The van der Waals surface area contributed by atoms with Gasteiger partial charge in [0.2, 0.25) is 0 Å². The Morgan fingerprint density at radius 3 is 2.50 bits per heavy atom. The Hall–Kier alpha value is -2.85. The third-order valence-electron chi connectivity index (χ3n) is 3.40. The molecule has 3 aromatic rings. The zero-order valence-electron chi connectivity index (χ0n) is 13.7. The molecule has 0 unspecified atom stereocenters. The minimum absolute atomic E-state index is 0.00900. The van der Waals surface area contributed by atoms with Crippen LogP contribution in [0.15, 0.2) is 45.9 Å². The maximum atomic E-state index is 12.3. The number of aromatic nitrogens is 3. The van der Waals surface area contributed by atoms with Gasteiger partial charge in [-0.2, -0.15) is 5.10 Å². The Morgan fingerprint density at radius 1 is 1.27 bits per heavy atom. The quantitative estimate of drug-likeness (QED) is 0.684. The summed E-state index contributed by atoms with van der Waals surface area (Å²) in [5.41, 5.74) is 0.606. The van der Waals surface area contributed by atoms with Crippen molar-refractivity contribution in [1.29, 1.82) is 0 Å². The highest BCUT2D eigenvalue weighted by Gasteiger charge is 2.18. The van der Waals surface area contributed by atoms with Crippen molar-refractivity contribution in [3.63, 3.8) is 0 Å². The fourth-order valence-electron chi connectivity index (χ4n) is 2.18. The van der Waals surface area contributed by atoms with Gasteiger partial charge in [0.15, 0.2) is 5.82 Å². The van der Waals surface area contributed by atoms with E-state index in [0.717, 1.165) is 0 Å². The van der Waals surface area contributed by atoms with Crippen molar-refractivity contribution in [3.8, 4) is 0 Å². The molecule has 0 fully saturated rings. The van der Waals surface area contributed by atoms with Crippen LogP contribution in [0.2, 0.25) is 5.02 Å². The first-order valence-electron chi connectivity index (χ1n) is 7.31. The van der Waals surface area contributed by atoms with Crippen LogP contribution in [0, 0.1) is 6.92 Å². The molecule has 0 aliphatic rings. The van der Waals surface area contributed by atoms with Gasteiger partial charge >= 0.3 is 0 Å². The predicted octanol–water partition coefficient (Wildman–Crippen LogP) is 2.42. The molecular weight excluding hydrogens is 382 g/mol. The number of hydrogen-bond acceptors (Lipinski definition) is 6. The molecule has 136 valence electrons. The number of carbonyl (C=O) groups is 1. The van der Waals surface area contributed by atoms with Gasteiger partial charge in [0.05, 0.1) is 16.1 Å². The number of aryl methyl sites for hydroxylation is 2. The lowest BCUT2D eigenvalue weighted by atomic mass is 10.3. The number of carbonyl (C=O) groups excluding carboxylic acids is 1. The van der Waals surface area contributed by atoms with Gasteiger partial charge in [0.1, 0.15) is 11.5 Å². The minimum Gasteiger partial charge on any atom is -0.360 e. The SMILES string of the molecule is Cc1cc(NS(=O)(=O)c2ccc(NC(=O)c3c(Cl)cnn3C)cc2)no1. The van der Waals surface area contributed by atoms with Crippen LogP contribution in [0.5, 0.6) is 0 Å². The lowest BCUT2D eigenvalue weighted by molar-refractivity contribution is 0.101. The van der Waals surface area contributed by atoms with Gasteiger partial charge in [-0.15, -0.1) is 0 Å². The molecule has 0 spiro atoms. The highest BCUT2D eigenvalue weighted by Crippen LogP contribution is 2.20. The van der Waals surface area contributed by atoms with Crippen LogP contribution in [-0.2, 0) is 17.1 Å². The predicted molar refractivity (Wildman–Crippen MR) is 94.7 cm³/mol. The van der Waals surface area contributed by atoms with E-state index in [9.17, 15) is 13.2 Å². The van der Waals surface area contributed by atoms with Crippen molar-refractivity contribution in [2.75, 3.05) is 10.0 Å². The van der Waals surface area contributed by atoms with E-state index in [1.165, 1.54) is 41.2 Å². The number of amides is 1. The van der Waals surface area contributed by atoms with Crippen LogP contribution in [0.1, 0.15) is 16.2 Å². The minimum atomic E-state index is -3.82. The summed E-state index contributed by atoms with van der Waals surface area (Å²) in [5, 5.41) is 10.3. The van der Waals surface area contributed by atoms with Crippen molar-refractivity contribution in [1.82, 2.24) is 14.9 Å². The highest BCUT2D eigenvalue weighted by molar-refractivity contribution is 7.92. The van der Waals surface area contributed by atoms with Crippen LogP contribution in [0.3, 0.4) is 0 Å². The smallest absolute Gasteiger partial charge is 0.275 e. The molecular formula is C15H14ClN5O4S. The molecule has 0 saturated heterocycles. The van der Waals surface area contributed by atoms with Gasteiger partial charge in [-0.1, -0.05) is 16.8 Å². The molecule has 0 saturated carbocycles. The van der Waals surface area contributed by atoms with Crippen LogP contribution in [-0.4, -0.2) is 29.3 Å².